The first-order chi connectivity index (χ1) is 8.18. The summed E-state index contributed by atoms with van der Waals surface area (Å²) in [5, 5.41) is 7.12. The molecule has 17 heavy (non-hydrogen) atoms. The molecule has 3 nitrogen and oxygen atoms in total. The van der Waals surface area contributed by atoms with Crippen LogP contribution in [0.5, 0.6) is 0 Å². The van der Waals surface area contributed by atoms with Crippen LogP contribution in [0.2, 0.25) is 0 Å². The Hall–Kier alpha value is -0.800. The maximum absolute atomic E-state index is 5.37. The molecule has 3 heteroatoms. The van der Waals surface area contributed by atoms with Crippen LogP contribution in [0.1, 0.15) is 32.4 Å². The third-order valence-electron chi connectivity index (χ3n) is 3.65. The van der Waals surface area contributed by atoms with Crippen molar-refractivity contribution in [2.45, 2.75) is 39.2 Å². The molecule has 0 amide bonds. The largest absolute Gasteiger partial charge is 0.469 e. The highest BCUT2D eigenvalue weighted by Gasteiger charge is 2.26. The number of hydrogen-bond acceptors (Lipinski definition) is 3. The van der Waals surface area contributed by atoms with Crippen LogP contribution in [0.3, 0.4) is 0 Å². The Bertz CT molecular complexity index is 315. The van der Waals surface area contributed by atoms with Crippen LogP contribution in [0.25, 0.3) is 0 Å². The second-order valence-electron chi connectivity index (χ2n) is 5.66. The summed E-state index contributed by atoms with van der Waals surface area (Å²) in [5.41, 5.74) is 0.412. The summed E-state index contributed by atoms with van der Waals surface area (Å²) in [4.78, 5) is 0. The predicted molar refractivity (Wildman–Crippen MR) is 70.1 cm³/mol. The fourth-order valence-corrected chi connectivity index (χ4v) is 2.49. The molecule has 0 aliphatic carbocycles. The smallest absolute Gasteiger partial charge is 0.105 e. The van der Waals surface area contributed by atoms with Gasteiger partial charge in [-0.15, -0.1) is 0 Å². The highest BCUT2D eigenvalue weighted by Crippen LogP contribution is 2.24. The summed E-state index contributed by atoms with van der Waals surface area (Å²) in [6.07, 6.45) is 5.33. The number of nitrogens with one attached hydrogen (secondary N) is 2. The van der Waals surface area contributed by atoms with Gasteiger partial charge < -0.3 is 15.1 Å². The van der Waals surface area contributed by atoms with Gasteiger partial charge in [0.2, 0.25) is 0 Å². The van der Waals surface area contributed by atoms with Crippen LogP contribution >= 0.6 is 0 Å². The lowest BCUT2D eigenvalue weighted by molar-refractivity contribution is 0.218. The molecular weight excluding hydrogens is 212 g/mol. The highest BCUT2D eigenvalue weighted by atomic mass is 16.3. The van der Waals surface area contributed by atoms with Gasteiger partial charge in [0.25, 0.3) is 0 Å². The summed E-state index contributed by atoms with van der Waals surface area (Å²) in [6, 6.07) is 4.47. The molecule has 1 aromatic rings. The van der Waals surface area contributed by atoms with E-state index in [0.29, 0.717) is 11.5 Å². The van der Waals surface area contributed by atoms with E-state index in [4.69, 9.17) is 4.42 Å². The Kier molecular flexibility index (Phi) is 4.24. The van der Waals surface area contributed by atoms with Crippen molar-refractivity contribution in [1.82, 2.24) is 10.6 Å². The first kappa shape index (κ1) is 12.7. The van der Waals surface area contributed by atoms with Gasteiger partial charge in [-0.25, -0.2) is 0 Å². The fourth-order valence-electron chi connectivity index (χ4n) is 2.49. The minimum Gasteiger partial charge on any atom is -0.469 e. The predicted octanol–water partition coefficient (Wildman–Crippen LogP) is 2.19. The Morgan fingerprint density at radius 1 is 1.59 bits per heavy atom. The molecule has 2 heterocycles. The highest BCUT2D eigenvalue weighted by molar-refractivity contribution is 5.00. The Labute approximate surface area is 104 Å². The second kappa shape index (κ2) is 5.69. The SMILES string of the molecule is CC(Cc1ccco1)NCC1(C)CCCNC1. The third-order valence-corrected chi connectivity index (χ3v) is 3.65. The zero-order valence-electron chi connectivity index (χ0n) is 11.0. The van der Waals surface area contributed by atoms with Crippen molar-refractivity contribution in [3.05, 3.63) is 24.2 Å². The molecule has 1 aliphatic heterocycles. The Morgan fingerprint density at radius 3 is 3.12 bits per heavy atom. The van der Waals surface area contributed by atoms with Crippen molar-refractivity contribution in [1.29, 1.82) is 0 Å². The van der Waals surface area contributed by atoms with E-state index in [1.54, 1.807) is 6.26 Å². The summed E-state index contributed by atoms with van der Waals surface area (Å²) < 4.78 is 5.37. The van der Waals surface area contributed by atoms with Gasteiger partial charge in [0.15, 0.2) is 0 Å². The molecular formula is C14H24N2O. The molecule has 96 valence electrons. The number of hydrogen-bond donors (Lipinski definition) is 2. The fraction of sp³-hybridized carbons (Fsp3) is 0.714. The zero-order valence-corrected chi connectivity index (χ0v) is 11.0. The minimum atomic E-state index is 0.412. The summed E-state index contributed by atoms with van der Waals surface area (Å²) in [7, 11) is 0. The van der Waals surface area contributed by atoms with E-state index in [0.717, 1.165) is 25.3 Å². The van der Waals surface area contributed by atoms with Gasteiger partial charge in [0.1, 0.15) is 5.76 Å². The zero-order chi connectivity index (χ0) is 12.1. The number of rotatable bonds is 5. The van der Waals surface area contributed by atoms with Crippen molar-refractivity contribution in [3.63, 3.8) is 0 Å². The third kappa shape index (κ3) is 3.86. The summed E-state index contributed by atoms with van der Waals surface area (Å²) in [6.45, 7) is 7.99. The molecule has 0 spiro atoms. The molecule has 0 radical (unpaired) electrons. The summed E-state index contributed by atoms with van der Waals surface area (Å²) >= 11 is 0. The van der Waals surface area contributed by atoms with Gasteiger partial charge in [0.05, 0.1) is 6.26 Å². The molecule has 2 rings (SSSR count). The van der Waals surface area contributed by atoms with E-state index in [-0.39, 0.29) is 0 Å². The van der Waals surface area contributed by atoms with Crippen molar-refractivity contribution in [2.75, 3.05) is 19.6 Å². The second-order valence-corrected chi connectivity index (χ2v) is 5.66. The molecule has 2 N–H and O–H groups in total. The van der Waals surface area contributed by atoms with Crippen molar-refractivity contribution in [2.24, 2.45) is 5.41 Å². The van der Waals surface area contributed by atoms with E-state index < -0.39 is 0 Å². The van der Waals surface area contributed by atoms with E-state index in [9.17, 15) is 0 Å². The van der Waals surface area contributed by atoms with Crippen molar-refractivity contribution < 1.29 is 4.42 Å². The van der Waals surface area contributed by atoms with Crippen LogP contribution in [0.4, 0.5) is 0 Å². The molecule has 1 aliphatic rings. The van der Waals surface area contributed by atoms with Gasteiger partial charge in [-0.2, -0.15) is 0 Å². The normalized spacial score (nSPS) is 26.9. The first-order valence-corrected chi connectivity index (χ1v) is 6.64. The maximum atomic E-state index is 5.37. The van der Waals surface area contributed by atoms with Crippen LogP contribution < -0.4 is 10.6 Å². The quantitative estimate of drug-likeness (QED) is 0.823. The molecule has 0 bridgehead atoms. The van der Waals surface area contributed by atoms with E-state index in [1.807, 2.05) is 12.1 Å². The van der Waals surface area contributed by atoms with Gasteiger partial charge in [-0.05, 0) is 43.9 Å². The molecule has 1 saturated heterocycles. The standard InChI is InChI=1S/C14H24N2O/c1-12(9-13-5-3-8-17-13)16-11-14(2)6-4-7-15-10-14/h3,5,8,12,15-16H,4,6-7,9-11H2,1-2H3. The number of piperidine rings is 1. The number of furan rings is 1. The lowest BCUT2D eigenvalue weighted by Crippen LogP contribution is -2.46. The Balaban J connectivity index is 1.73. The lowest BCUT2D eigenvalue weighted by Gasteiger charge is -2.35. The lowest BCUT2D eigenvalue weighted by atomic mass is 9.82. The Morgan fingerprint density at radius 2 is 2.47 bits per heavy atom. The molecule has 1 aromatic heterocycles. The average Bonchev–Trinajstić information content (AvgIpc) is 2.80. The molecule has 0 saturated carbocycles. The average molecular weight is 236 g/mol. The minimum absolute atomic E-state index is 0.412. The van der Waals surface area contributed by atoms with Gasteiger partial charge >= 0.3 is 0 Å². The van der Waals surface area contributed by atoms with E-state index in [1.165, 1.54) is 19.4 Å². The van der Waals surface area contributed by atoms with Gasteiger partial charge in [-0.1, -0.05) is 6.92 Å². The van der Waals surface area contributed by atoms with Gasteiger partial charge in [-0.3, -0.25) is 0 Å². The van der Waals surface area contributed by atoms with E-state index >= 15 is 0 Å². The van der Waals surface area contributed by atoms with Crippen molar-refractivity contribution in [3.8, 4) is 0 Å². The molecule has 2 atom stereocenters. The van der Waals surface area contributed by atoms with E-state index in [2.05, 4.69) is 24.5 Å². The summed E-state index contributed by atoms with van der Waals surface area (Å²) in [5.74, 6) is 1.07. The van der Waals surface area contributed by atoms with Crippen LogP contribution in [0, 0.1) is 5.41 Å². The maximum Gasteiger partial charge on any atom is 0.105 e. The van der Waals surface area contributed by atoms with Gasteiger partial charge in [0, 0.05) is 25.6 Å². The molecule has 2 unspecified atom stereocenters. The van der Waals surface area contributed by atoms with Crippen molar-refractivity contribution >= 4 is 0 Å². The monoisotopic (exact) mass is 236 g/mol. The first-order valence-electron chi connectivity index (χ1n) is 6.64. The topological polar surface area (TPSA) is 37.2 Å². The molecule has 0 aromatic carbocycles. The van der Waals surface area contributed by atoms with Crippen LogP contribution in [-0.2, 0) is 6.42 Å². The van der Waals surface area contributed by atoms with Crippen LogP contribution in [0.15, 0.2) is 22.8 Å². The van der Waals surface area contributed by atoms with Crippen LogP contribution in [-0.4, -0.2) is 25.7 Å². The molecule has 1 fully saturated rings.